The highest BCUT2D eigenvalue weighted by molar-refractivity contribution is 5.73. The molecular formula is C11H16N2O3. The lowest BCUT2D eigenvalue weighted by Crippen LogP contribution is -2.28. The van der Waals surface area contributed by atoms with E-state index in [2.05, 4.69) is 5.10 Å². The molecular weight excluding hydrogens is 208 g/mol. The second-order valence-electron chi connectivity index (χ2n) is 4.46. The van der Waals surface area contributed by atoms with Crippen molar-refractivity contribution in [2.24, 2.45) is 5.92 Å². The van der Waals surface area contributed by atoms with Crippen molar-refractivity contribution < 1.29 is 14.6 Å². The van der Waals surface area contributed by atoms with Crippen molar-refractivity contribution in [2.45, 2.75) is 38.8 Å². The number of carboxylic acids is 1. The molecule has 1 heterocycles. The van der Waals surface area contributed by atoms with E-state index in [9.17, 15) is 4.79 Å². The predicted molar refractivity (Wildman–Crippen MR) is 57.4 cm³/mol. The molecule has 5 nitrogen and oxygen atoms in total. The van der Waals surface area contributed by atoms with E-state index in [0.717, 1.165) is 12.8 Å². The Balaban J connectivity index is 2.03. The Morgan fingerprint density at radius 1 is 1.62 bits per heavy atom. The minimum atomic E-state index is -0.889. The molecule has 1 saturated carbocycles. The summed E-state index contributed by atoms with van der Waals surface area (Å²) in [5.74, 6) is -0.187. The third-order valence-electron chi connectivity index (χ3n) is 2.66. The van der Waals surface area contributed by atoms with Gasteiger partial charge in [-0.15, -0.1) is 0 Å². The molecule has 0 bridgehead atoms. The molecule has 0 radical (unpaired) electrons. The standard InChI is InChI=1S/C11H16N2O3/c1-7(2)13-6-9(5-12-13)16-10(11(14)15)8-3-4-8/h5-8,10H,3-4H2,1-2H3,(H,14,15). The van der Waals surface area contributed by atoms with Gasteiger partial charge in [0.05, 0.1) is 12.4 Å². The fourth-order valence-electron chi connectivity index (χ4n) is 1.56. The van der Waals surface area contributed by atoms with E-state index >= 15 is 0 Å². The zero-order valence-electron chi connectivity index (χ0n) is 9.46. The summed E-state index contributed by atoms with van der Waals surface area (Å²) in [6.45, 7) is 4.01. The van der Waals surface area contributed by atoms with Gasteiger partial charge in [-0.05, 0) is 26.7 Å². The van der Waals surface area contributed by atoms with Gasteiger partial charge in [-0.25, -0.2) is 4.79 Å². The summed E-state index contributed by atoms with van der Waals surface area (Å²) in [7, 11) is 0. The highest BCUT2D eigenvalue weighted by Crippen LogP contribution is 2.35. The molecule has 1 aromatic heterocycles. The van der Waals surface area contributed by atoms with Crippen LogP contribution in [0, 0.1) is 5.92 Å². The van der Waals surface area contributed by atoms with Gasteiger partial charge in [-0.2, -0.15) is 5.10 Å². The van der Waals surface area contributed by atoms with Crippen LogP contribution in [-0.2, 0) is 4.79 Å². The number of ether oxygens (including phenoxy) is 1. The quantitative estimate of drug-likeness (QED) is 0.826. The maximum absolute atomic E-state index is 11.0. The van der Waals surface area contributed by atoms with Crippen molar-refractivity contribution in [3.63, 3.8) is 0 Å². The minimum absolute atomic E-state index is 0.167. The van der Waals surface area contributed by atoms with Crippen LogP contribution in [0.4, 0.5) is 0 Å². The zero-order chi connectivity index (χ0) is 11.7. The number of aliphatic carboxylic acids is 1. The van der Waals surface area contributed by atoms with Crippen molar-refractivity contribution in [1.29, 1.82) is 0 Å². The Kier molecular flexibility index (Phi) is 2.85. The molecule has 1 unspecified atom stereocenters. The molecule has 0 aromatic carbocycles. The Bertz CT molecular complexity index is 382. The van der Waals surface area contributed by atoms with Crippen LogP contribution in [0.1, 0.15) is 32.7 Å². The molecule has 1 atom stereocenters. The van der Waals surface area contributed by atoms with Gasteiger partial charge in [-0.1, -0.05) is 0 Å². The number of nitrogens with zero attached hydrogens (tertiary/aromatic N) is 2. The molecule has 1 aliphatic rings. The third kappa shape index (κ3) is 2.35. The molecule has 5 heteroatoms. The first-order valence-corrected chi connectivity index (χ1v) is 5.51. The van der Waals surface area contributed by atoms with E-state index in [0.29, 0.717) is 5.75 Å². The topological polar surface area (TPSA) is 64.3 Å². The third-order valence-corrected chi connectivity index (χ3v) is 2.66. The first kappa shape index (κ1) is 11.0. The summed E-state index contributed by atoms with van der Waals surface area (Å²) < 4.78 is 7.20. The number of carbonyl (C=O) groups is 1. The molecule has 1 aromatic rings. The van der Waals surface area contributed by atoms with Gasteiger partial charge in [0.15, 0.2) is 11.9 Å². The van der Waals surface area contributed by atoms with Gasteiger partial charge in [0.25, 0.3) is 0 Å². The zero-order valence-corrected chi connectivity index (χ0v) is 9.46. The number of rotatable bonds is 5. The second kappa shape index (κ2) is 4.15. The average Bonchev–Trinajstić information content (AvgIpc) is 2.92. The molecule has 0 saturated heterocycles. The van der Waals surface area contributed by atoms with E-state index in [1.807, 2.05) is 13.8 Å². The molecule has 0 aliphatic heterocycles. The Hall–Kier alpha value is -1.52. The number of hydrogen-bond donors (Lipinski definition) is 1. The molecule has 16 heavy (non-hydrogen) atoms. The van der Waals surface area contributed by atoms with Gasteiger partial charge < -0.3 is 9.84 Å². The van der Waals surface area contributed by atoms with Crippen LogP contribution in [0.5, 0.6) is 5.75 Å². The van der Waals surface area contributed by atoms with E-state index < -0.39 is 12.1 Å². The first-order chi connectivity index (χ1) is 7.58. The van der Waals surface area contributed by atoms with Gasteiger partial charge >= 0.3 is 5.97 Å². The van der Waals surface area contributed by atoms with Crippen molar-refractivity contribution in [2.75, 3.05) is 0 Å². The molecule has 1 aliphatic carbocycles. The lowest BCUT2D eigenvalue weighted by atomic mass is 10.2. The maximum Gasteiger partial charge on any atom is 0.345 e. The Morgan fingerprint density at radius 2 is 2.31 bits per heavy atom. The van der Waals surface area contributed by atoms with Gasteiger partial charge in [0, 0.05) is 12.0 Å². The number of aromatic nitrogens is 2. The van der Waals surface area contributed by atoms with Crippen LogP contribution >= 0.6 is 0 Å². The SMILES string of the molecule is CC(C)n1cc(OC(C(=O)O)C2CC2)cn1. The predicted octanol–water partition coefficient (Wildman–Crippen LogP) is 1.71. The molecule has 1 N–H and O–H groups in total. The molecule has 0 amide bonds. The van der Waals surface area contributed by atoms with Crippen LogP contribution in [0.25, 0.3) is 0 Å². The lowest BCUT2D eigenvalue weighted by molar-refractivity contribution is -0.146. The largest absolute Gasteiger partial charge is 0.478 e. The molecule has 88 valence electrons. The monoisotopic (exact) mass is 224 g/mol. The fraction of sp³-hybridized carbons (Fsp3) is 0.636. The van der Waals surface area contributed by atoms with Gasteiger partial charge in [0.1, 0.15) is 0 Å². The minimum Gasteiger partial charge on any atom is -0.478 e. The van der Waals surface area contributed by atoms with Crippen LogP contribution in [-0.4, -0.2) is 27.0 Å². The summed E-state index contributed by atoms with van der Waals surface area (Å²) in [4.78, 5) is 11.0. The smallest absolute Gasteiger partial charge is 0.345 e. The highest BCUT2D eigenvalue weighted by Gasteiger charge is 2.38. The summed E-state index contributed by atoms with van der Waals surface area (Å²) >= 11 is 0. The van der Waals surface area contributed by atoms with Gasteiger partial charge in [0.2, 0.25) is 0 Å². The van der Waals surface area contributed by atoms with Crippen LogP contribution in [0.15, 0.2) is 12.4 Å². The average molecular weight is 224 g/mol. The summed E-state index contributed by atoms with van der Waals surface area (Å²) in [5.41, 5.74) is 0. The fourth-order valence-corrected chi connectivity index (χ4v) is 1.56. The van der Waals surface area contributed by atoms with Crippen LogP contribution < -0.4 is 4.74 Å². The van der Waals surface area contributed by atoms with Crippen molar-refractivity contribution >= 4 is 5.97 Å². The number of carboxylic acid groups (broad SMARTS) is 1. The first-order valence-electron chi connectivity index (χ1n) is 5.51. The van der Waals surface area contributed by atoms with Crippen LogP contribution in [0.3, 0.4) is 0 Å². The van der Waals surface area contributed by atoms with E-state index in [1.54, 1.807) is 17.1 Å². The highest BCUT2D eigenvalue weighted by atomic mass is 16.5. The number of hydrogen-bond acceptors (Lipinski definition) is 3. The summed E-state index contributed by atoms with van der Waals surface area (Å²) in [6, 6.07) is 0.251. The van der Waals surface area contributed by atoms with Gasteiger partial charge in [-0.3, -0.25) is 4.68 Å². The van der Waals surface area contributed by atoms with Crippen LogP contribution in [0.2, 0.25) is 0 Å². The van der Waals surface area contributed by atoms with E-state index in [-0.39, 0.29) is 12.0 Å². The van der Waals surface area contributed by atoms with E-state index in [1.165, 1.54) is 0 Å². The lowest BCUT2D eigenvalue weighted by Gasteiger charge is -2.12. The molecule has 2 rings (SSSR count). The van der Waals surface area contributed by atoms with Crippen molar-refractivity contribution in [3.8, 4) is 5.75 Å². The molecule has 1 fully saturated rings. The maximum atomic E-state index is 11.0. The normalized spacial score (nSPS) is 17.4. The summed E-state index contributed by atoms with van der Waals surface area (Å²) in [5, 5.41) is 13.1. The molecule has 0 spiro atoms. The Morgan fingerprint density at radius 3 is 2.75 bits per heavy atom. The Labute approximate surface area is 94.0 Å². The van der Waals surface area contributed by atoms with Crippen molar-refractivity contribution in [1.82, 2.24) is 9.78 Å². The van der Waals surface area contributed by atoms with E-state index in [4.69, 9.17) is 9.84 Å². The van der Waals surface area contributed by atoms with Crippen molar-refractivity contribution in [3.05, 3.63) is 12.4 Å². The summed E-state index contributed by atoms with van der Waals surface area (Å²) in [6.07, 6.45) is 4.47. The second-order valence-corrected chi connectivity index (χ2v) is 4.46.